The molecule has 0 saturated heterocycles. The van der Waals surface area contributed by atoms with Crippen LogP contribution >= 0.6 is 11.3 Å². The molecule has 4 aromatic rings. The summed E-state index contributed by atoms with van der Waals surface area (Å²) in [7, 11) is 1.40. The first kappa shape index (κ1) is 28.8. The molecule has 0 saturated carbocycles. The van der Waals surface area contributed by atoms with E-state index in [2.05, 4.69) is 20.4 Å². The van der Waals surface area contributed by atoms with Gasteiger partial charge in [-0.1, -0.05) is 29.5 Å². The second-order valence-electron chi connectivity index (χ2n) is 8.21. The lowest BCUT2D eigenvalue weighted by molar-refractivity contribution is -0.121. The van der Waals surface area contributed by atoms with E-state index in [-0.39, 0.29) is 45.6 Å². The number of halogens is 1. The van der Waals surface area contributed by atoms with Gasteiger partial charge in [-0.2, -0.15) is 15.0 Å². The van der Waals surface area contributed by atoms with E-state index in [4.69, 9.17) is 14.6 Å². The maximum Gasteiger partial charge on any atom is 0.282 e. The van der Waals surface area contributed by atoms with E-state index in [9.17, 15) is 19.2 Å². The highest BCUT2D eigenvalue weighted by Gasteiger charge is 2.20. The fourth-order valence-corrected chi connectivity index (χ4v) is 4.52. The summed E-state index contributed by atoms with van der Waals surface area (Å²) in [4.78, 5) is 34.2. The van der Waals surface area contributed by atoms with Crippen LogP contribution in [-0.2, 0) is 4.79 Å². The monoisotopic (exact) mass is 574 g/mol. The van der Waals surface area contributed by atoms with Gasteiger partial charge in [-0.3, -0.25) is 9.59 Å². The van der Waals surface area contributed by atoms with E-state index in [1.165, 1.54) is 50.4 Å². The van der Waals surface area contributed by atoms with Gasteiger partial charge < -0.3 is 19.9 Å². The molecule has 0 aliphatic heterocycles. The molecule has 0 aliphatic rings. The lowest BCUT2D eigenvalue weighted by Crippen LogP contribution is -2.33. The van der Waals surface area contributed by atoms with Gasteiger partial charge >= 0.3 is 0 Å². The molecule has 4 rings (SSSR count). The summed E-state index contributed by atoms with van der Waals surface area (Å²) in [5, 5.41) is 25.7. The molecule has 1 heterocycles. The minimum Gasteiger partial charge on any atom is -0.491 e. The van der Waals surface area contributed by atoms with Gasteiger partial charge in [-0.15, -0.1) is 0 Å². The molecule has 1 aromatic heterocycles. The Morgan fingerprint density at radius 3 is 2.61 bits per heavy atom. The molecular formula is C28H23FN6O5S. The number of rotatable bonds is 8. The first-order valence-electron chi connectivity index (χ1n) is 12.0. The van der Waals surface area contributed by atoms with Crippen molar-refractivity contribution >= 4 is 34.7 Å². The van der Waals surface area contributed by atoms with Gasteiger partial charge in [0.25, 0.3) is 11.8 Å². The van der Waals surface area contributed by atoms with E-state index in [1.807, 2.05) is 6.07 Å². The molecule has 0 aliphatic carbocycles. The Morgan fingerprint density at radius 2 is 1.90 bits per heavy atom. The Balaban J connectivity index is 1.77. The zero-order valence-electron chi connectivity index (χ0n) is 21.9. The summed E-state index contributed by atoms with van der Waals surface area (Å²) in [6.07, 6.45) is 0. The van der Waals surface area contributed by atoms with Crippen molar-refractivity contribution in [1.82, 2.24) is 15.1 Å². The molecule has 13 heteroatoms. The molecule has 0 radical (unpaired) electrons. The molecule has 0 bridgehead atoms. The van der Waals surface area contributed by atoms with Crippen LogP contribution < -0.4 is 19.6 Å². The van der Waals surface area contributed by atoms with Gasteiger partial charge in [-0.05, 0) is 55.5 Å². The lowest BCUT2D eigenvalue weighted by Gasteiger charge is -2.12. The number of ether oxygens (including phenoxy) is 2. The smallest absolute Gasteiger partial charge is 0.282 e. The Hall–Kier alpha value is -5.19. The van der Waals surface area contributed by atoms with Crippen LogP contribution in [0.15, 0.2) is 76.7 Å². The zero-order chi connectivity index (χ0) is 29.4. The van der Waals surface area contributed by atoms with Gasteiger partial charge in [0, 0.05) is 5.56 Å². The van der Waals surface area contributed by atoms with Crippen LogP contribution in [0.4, 0.5) is 10.1 Å². The third kappa shape index (κ3) is 6.88. The van der Waals surface area contributed by atoms with Crippen LogP contribution in [0.2, 0.25) is 0 Å². The number of aliphatic hydroxyl groups is 1. The number of para-hydroxylation sites is 1. The quantitative estimate of drug-likeness (QED) is 0.242. The highest BCUT2D eigenvalue weighted by atomic mass is 32.1. The average molecular weight is 575 g/mol. The van der Waals surface area contributed by atoms with Crippen molar-refractivity contribution in [3.8, 4) is 28.1 Å². The number of hydrogen-bond donors (Lipinski definition) is 2. The van der Waals surface area contributed by atoms with Gasteiger partial charge in [0.05, 0.1) is 24.3 Å². The topological polar surface area (TPSA) is 151 Å². The Morgan fingerprint density at radius 1 is 1.15 bits per heavy atom. The maximum absolute atomic E-state index is 13.6. The number of carbonyl (C=O) groups is 2. The number of benzene rings is 3. The molecule has 0 atom stereocenters. The number of hydrogen-bond acceptors (Lipinski definition) is 10. The zero-order valence-corrected chi connectivity index (χ0v) is 22.7. The second kappa shape index (κ2) is 13.2. The van der Waals surface area contributed by atoms with Crippen LogP contribution in [0.5, 0.6) is 11.5 Å². The van der Waals surface area contributed by atoms with E-state index in [0.29, 0.717) is 10.6 Å². The molecule has 0 fully saturated rings. The third-order valence-corrected chi connectivity index (χ3v) is 6.44. The van der Waals surface area contributed by atoms with Crippen LogP contribution in [0.25, 0.3) is 10.6 Å². The van der Waals surface area contributed by atoms with Crippen molar-refractivity contribution in [2.75, 3.05) is 20.4 Å². The summed E-state index contributed by atoms with van der Waals surface area (Å²) >= 11 is 1.07. The fourth-order valence-electron chi connectivity index (χ4n) is 3.62. The molecular weight excluding hydrogens is 551 g/mol. The third-order valence-electron chi connectivity index (χ3n) is 5.49. The number of aromatic nitrogens is 2. The van der Waals surface area contributed by atoms with Crippen molar-refractivity contribution in [1.29, 1.82) is 5.26 Å². The first-order chi connectivity index (χ1) is 19.8. The molecule has 2 N–H and O–H groups in total. The minimum atomic E-state index is -0.589. The minimum absolute atomic E-state index is 0.127. The molecule has 3 aromatic carbocycles. The molecule has 11 nitrogen and oxygen atoms in total. The van der Waals surface area contributed by atoms with E-state index >= 15 is 0 Å². The van der Waals surface area contributed by atoms with E-state index < -0.39 is 24.4 Å². The van der Waals surface area contributed by atoms with Gasteiger partial charge in [-0.25, -0.2) is 14.4 Å². The van der Waals surface area contributed by atoms with Gasteiger partial charge in [0.2, 0.25) is 4.80 Å². The lowest BCUT2D eigenvalue weighted by atomic mass is 10.1. The summed E-state index contributed by atoms with van der Waals surface area (Å²) in [5.74, 6) is -0.895. The number of nitrogens with one attached hydrogen (secondary N) is 1. The maximum atomic E-state index is 13.6. The highest BCUT2D eigenvalue weighted by Crippen LogP contribution is 2.37. The largest absolute Gasteiger partial charge is 0.491 e. The van der Waals surface area contributed by atoms with Crippen molar-refractivity contribution in [3.63, 3.8) is 0 Å². The van der Waals surface area contributed by atoms with Crippen molar-refractivity contribution in [2.24, 2.45) is 9.98 Å². The summed E-state index contributed by atoms with van der Waals surface area (Å²) in [6, 6.07) is 18.8. The Labute approximate surface area is 237 Å². The highest BCUT2D eigenvalue weighted by molar-refractivity contribution is 7.12. The van der Waals surface area contributed by atoms with Crippen LogP contribution in [-0.4, -0.2) is 53.0 Å². The summed E-state index contributed by atoms with van der Waals surface area (Å²) in [5.41, 5.74) is 1.12. The van der Waals surface area contributed by atoms with Crippen molar-refractivity contribution in [2.45, 2.75) is 6.92 Å². The SMILES string of the molecule is COc1c(N=c2sc(-c3ccc(F)cc3)nn2C(=O)c2ccccc2C#N)cccc1OCC(=O)NC(C)=NCO. The van der Waals surface area contributed by atoms with Gasteiger partial charge in [0.15, 0.2) is 18.1 Å². The number of aliphatic imine (C=N–C) groups is 1. The number of amidine groups is 1. The van der Waals surface area contributed by atoms with Crippen LogP contribution in [0.1, 0.15) is 22.8 Å². The molecule has 208 valence electrons. The van der Waals surface area contributed by atoms with Crippen molar-refractivity contribution < 1.29 is 28.6 Å². The normalized spacial score (nSPS) is 11.6. The molecule has 1 amide bonds. The van der Waals surface area contributed by atoms with Gasteiger partial charge in [0.1, 0.15) is 29.1 Å². The number of methoxy groups -OCH3 is 1. The Bertz CT molecular complexity index is 1720. The standard InChI is InChI=1S/C28H23FN6O5S/c1-17(31-16-36)32-24(37)15-40-23-9-5-8-22(25(23)39-2)33-28-35(27(38)21-7-4-3-6-19(21)14-30)34-26(41-28)18-10-12-20(29)13-11-18/h3-13,36H,15-16H2,1-2H3,(H,31,32,37). The predicted molar refractivity (Wildman–Crippen MR) is 148 cm³/mol. The molecule has 0 spiro atoms. The molecule has 41 heavy (non-hydrogen) atoms. The van der Waals surface area contributed by atoms with E-state index in [0.717, 1.165) is 16.0 Å². The van der Waals surface area contributed by atoms with Crippen LogP contribution in [0.3, 0.4) is 0 Å². The fraction of sp³-hybridized carbons (Fsp3) is 0.143. The Kier molecular flexibility index (Phi) is 9.31. The first-order valence-corrected chi connectivity index (χ1v) is 12.8. The number of nitriles is 1. The number of carbonyl (C=O) groups excluding carboxylic acids is 2. The van der Waals surface area contributed by atoms with Crippen LogP contribution in [0, 0.1) is 17.1 Å². The van der Waals surface area contributed by atoms with E-state index in [1.54, 1.807) is 30.3 Å². The van der Waals surface area contributed by atoms with Crippen molar-refractivity contribution in [3.05, 3.63) is 88.5 Å². The predicted octanol–water partition coefficient (Wildman–Crippen LogP) is 3.42. The summed E-state index contributed by atoms with van der Waals surface area (Å²) < 4.78 is 25.8. The second-order valence-corrected chi connectivity index (χ2v) is 9.17. The molecule has 0 unspecified atom stereocenters. The number of nitrogens with zero attached hydrogens (tertiary/aromatic N) is 5. The summed E-state index contributed by atoms with van der Waals surface area (Å²) in [6.45, 7) is 0.682. The number of aliphatic hydroxyl groups excluding tert-OH is 1. The average Bonchev–Trinajstić information content (AvgIpc) is 3.39. The number of amides is 1.